The van der Waals surface area contributed by atoms with Crippen LogP contribution in [-0.2, 0) is 30.6 Å². The summed E-state index contributed by atoms with van der Waals surface area (Å²) in [5.41, 5.74) is 1.42. The van der Waals surface area contributed by atoms with E-state index in [1.54, 1.807) is 5.20 Å². The minimum absolute atomic E-state index is 0. The molecule has 22 heavy (non-hydrogen) atoms. The van der Waals surface area contributed by atoms with Gasteiger partial charge in [-0.05, 0) is 48.5 Å². The molecule has 1 heterocycles. The van der Waals surface area contributed by atoms with Crippen molar-refractivity contribution in [3.63, 3.8) is 0 Å². The van der Waals surface area contributed by atoms with Gasteiger partial charge in [0, 0.05) is 11.6 Å². The molecular weight excluding hydrogens is 428 g/mol. The van der Waals surface area contributed by atoms with Crippen LogP contribution in [0.15, 0.2) is 16.1 Å². The zero-order valence-electron chi connectivity index (χ0n) is 14.9. The van der Waals surface area contributed by atoms with E-state index in [4.69, 9.17) is 4.43 Å². The van der Waals surface area contributed by atoms with Crippen molar-refractivity contribution in [3.8, 4) is 0 Å². The maximum atomic E-state index is 6.30. The van der Waals surface area contributed by atoms with Crippen molar-refractivity contribution in [2.45, 2.75) is 71.6 Å². The third kappa shape index (κ3) is 5.32. The molecular formula is C15H28Cl2NOSi2Zr. The van der Waals surface area contributed by atoms with E-state index >= 15 is 0 Å². The number of halogens is 2. The first-order valence-electron chi connectivity index (χ1n) is 7.33. The van der Waals surface area contributed by atoms with Crippen molar-refractivity contribution >= 4 is 16.4 Å². The van der Waals surface area contributed by atoms with E-state index in [9.17, 15) is 0 Å². The predicted octanol–water partition coefficient (Wildman–Crippen LogP) is -2.21. The largest absolute Gasteiger partial charge is 3.00 e. The third-order valence-corrected chi connectivity index (χ3v) is 9.01. The number of hydrogen-bond donors (Lipinski definition) is 1. The van der Waals surface area contributed by atoms with Crippen LogP contribution in [0.2, 0.25) is 32.2 Å². The second kappa shape index (κ2) is 8.01. The van der Waals surface area contributed by atoms with Gasteiger partial charge < -0.3 is 34.6 Å². The second-order valence-electron chi connectivity index (χ2n) is 7.98. The maximum Gasteiger partial charge on any atom is 3.00 e. The van der Waals surface area contributed by atoms with Crippen molar-refractivity contribution in [2.75, 3.05) is 0 Å². The van der Waals surface area contributed by atoms with Crippen molar-refractivity contribution in [3.05, 3.63) is 22.2 Å². The van der Waals surface area contributed by atoms with Gasteiger partial charge in [-0.3, -0.25) is 0 Å². The average Bonchev–Trinajstić information content (AvgIpc) is 2.59. The normalized spacial score (nSPS) is 26.2. The standard InChI is InChI=1S/C15H28NOSi2.2ClH.Zr/c1-9-19(8)12-10-11(17-18(5,6)7)13(14(12)19)16-15(2,3)4;;;/h11,16H,9H2,1-8H3;2*1H;/q-1;;;+3/p-2. The summed E-state index contributed by atoms with van der Waals surface area (Å²) in [5.74, 6) is 0. The van der Waals surface area contributed by atoms with Crippen LogP contribution in [0.3, 0.4) is 0 Å². The van der Waals surface area contributed by atoms with Gasteiger partial charge in [-0.1, -0.05) is 25.2 Å². The average molecular weight is 457 g/mol. The van der Waals surface area contributed by atoms with Crippen molar-refractivity contribution < 1.29 is 55.4 Å². The number of fused-ring (bicyclic) bond motifs is 1. The first-order chi connectivity index (χ1) is 8.48. The molecule has 0 spiro atoms. The molecule has 1 aliphatic heterocycles. The summed E-state index contributed by atoms with van der Waals surface area (Å²) in [4.78, 5) is 0. The second-order valence-corrected chi connectivity index (χ2v) is 16.8. The van der Waals surface area contributed by atoms with E-state index in [0.29, 0.717) is 0 Å². The molecule has 0 aromatic rings. The van der Waals surface area contributed by atoms with Gasteiger partial charge in [0.2, 0.25) is 0 Å². The number of hydrogen-bond acceptors (Lipinski definition) is 2. The van der Waals surface area contributed by atoms with Crippen molar-refractivity contribution in [2.24, 2.45) is 0 Å². The Kier molecular flexibility index (Phi) is 9.24. The maximum absolute atomic E-state index is 6.30. The van der Waals surface area contributed by atoms with Crippen LogP contribution in [-0.4, -0.2) is 28.0 Å². The number of nitrogens with one attached hydrogen (secondary N) is 1. The summed E-state index contributed by atoms with van der Waals surface area (Å²) in [6.07, 6.45) is 3.73. The molecule has 1 aliphatic carbocycles. The number of allylic oxidation sites excluding steroid dienone is 2. The smallest absolute Gasteiger partial charge is 1.00 e. The Morgan fingerprint density at radius 1 is 1.23 bits per heavy atom. The fourth-order valence-electron chi connectivity index (χ4n) is 2.74. The van der Waals surface area contributed by atoms with Gasteiger partial charge in [-0.15, -0.1) is 0 Å². The Hall–Kier alpha value is 1.14. The summed E-state index contributed by atoms with van der Waals surface area (Å²) in [7, 11) is -2.79. The molecule has 2 rings (SSSR count). The van der Waals surface area contributed by atoms with Gasteiger partial charge in [-0.2, -0.15) is 5.20 Å². The molecule has 2 atom stereocenters. The zero-order chi connectivity index (χ0) is 14.6. The Bertz CT molecular complexity index is 469. The molecule has 0 saturated carbocycles. The van der Waals surface area contributed by atoms with Crippen LogP contribution < -0.4 is 30.1 Å². The Morgan fingerprint density at radius 2 is 1.73 bits per heavy atom. The van der Waals surface area contributed by atoms with Crippen LogP contribution in [0.25, 0.3) is 0 Å². The molecule has 0 amide bonds. The van der Waals surface area contributed by atoms with E-state index in [1.807, 2.05) is 0 Å². The molecule has 0 bridgehead atoms. The van der Waals surface area contributed by atoms with E-state index in [2.05, 4.69) is 65.3 Å². The fourth-order valence-corrected chi connectivity index (χ4v) is 7.24. The van der Waals surface area contributed by atoms with Crippen LogP contribution in [0.5, 0.6) is 0 Å². The summed E-state index contributed by atoms with van der Waals surface area (Å²) < 4.78 is 6.30. The van der Waals surface area contributed by atoms with Crippen molar-refractivity contribution in [1.82, 2.24) is 5.32 Å². The van der Waals surface area contributed by atoms with Gasteiger partial charge in [0.25, 0.3) is 0 Å². The summed E-state index contributed by atoms with van der Waals surface area (Å²) in [6.45, 7) is 18.2. The Labute approximate surface area is 170 Å². The van der Waals surface area contributed by atoms with Gasteiger partial charge in [-0.25, -0.2) is 11.3 Å². The molecule has 2 nitrogen and oxygen atoms in total. The van der Waals surface area contributed by atoms with Crippen LogP contribution in [0.4, 0.5) is 0 Å². The SMILES string of the molecule is CC[Si]1(C)C2=[C-]C(O[Si](C)(C)C)C(NC(C)(C)C)=C21.[Cl-].[Cl-].[Zr+3]. The molecule has 1 radical (unpaired) electrons. The van der Waals surface area contributed by atoms with E-state index in [1.165, 1.54) is 16.9 Å². The molecule has 1 N–H and O–H groups in total. The van der Waals surface area contributed by atoms with Gasteiger partial charge in [0.15, 0.2) is 8.32 Å². The molecule has 1 saturated heterocycles. The Morgan fingerprint density at radius 3 is 2.09 bits per heavy atom. The van der Waals surface area contributed by atoms with Gasteiger partial charge >= 0.3 is 26.2 Å². The van der Waals surface area contributed by atoms with E-state index in [-0.39, 0.29) is 62.7 Å². The fraction of sp³-hybridized carbons (Fsp3) is 0.733. The topological polar surface area (TPSA) is 21.3 Å². The first-order valence-corrected chi connectivity index (χ1v) is 13.4. The van der Waals surface area contributed by atoms with Crippen molar-refractivity contribution in [1.29, 1.82) is 0 Å². The third-order valence-electron chi connectivity index (χ3n) is 3.79. The van der Waals surface area contributed by atoms with Crippen LogP contribution >= 0.6 is 0 Å². The van der Waals surface area contributed by atoms with Gasteiger partial charge in [0.1, 0.15) is 0 Å². The molecule has 7 heteroatoms. The van der Waals surface area contributed by atoms with Gasteiger partial charge in [0.05, 0.1) is 0 Å². The molecule has 0 aromatic carbocycles. The summed E-state index contributed by atoms with van der Waals surface area (Å²) in [5, 5.41) is 6.84. The molecule has 1 fully saturated rings. The molecule has 125 valence electrons. The quantitative estimate of drug-likeness (QED) is 0.383. The Balaban J connectivity index is 0. The molecule has 2 unspecified atom stereocenters. The molecule has 2 aliphatic rings. The monoisotopic (exact) mass is 454 g/mol. The minimum Gasteiger partial charge on any atom is -1.00 e. The molecule has 0 aromatic heterocycles. The van der Waals surface area contributed by atoms with E-state index in [0.717, 1.165) is 0 Å². The van der Waals surface area contributed by atoms with Crippen LogP contribution in [0.1, 0.15) is 27.7 Å². The zero-order valence-corrected chi connectivity index (χ0v) is 20.9. The summed E-state index contributed by atoms with van der Waals surface area (Å²) >= 11 is 0. The van der Waals surface area contributed by atoms with Crippen LogP contribution in [0, 0.1) is 6.08 Å². The first kappa shape index (κ1) is 25.4. The number of rotatable bonds is 4. The summed E-state index contributed by atoms with van der Waals surface area (Å²) in [6, 6.07) is 1.29. The van der Waals surface area contributed by atoms with E-state index < -0.39 is 16.4 Å². The predicted molar refractivity (Wildman–Crippen MR) is 87.0 cm³/mol. The minimum atomic E-state index is -1.54.